The number of aromatic amines is 1. The lowest BCUT2D eigenvalue weighted by molar-refractivity contribution is 0.277. The minimum atomic E-state index is -0.0419. The first-order valence-corrected chi connectivity index (χ1v) is 2.51. The normalized spacial score (nSPS) is 9.75. The Kier molecular flexibility index (Phi) is 1.50. The van der Waals surface area contributed by atoms with Crippen molar-refractivity contribution in [1.29, 1.82) is 0 Å². The van der Waals surface area contributed by atoms with Crippen LogP contribution in [0.2, 0.25) is 5.28 Å². The summed E-state index contributed by atoms with van der Waals surface area (Å²) in [5.74, 6) is 0. The molecule has 0 saturated carbocycles. The van der Waals surface area contributed by atoms with Crippen LogP contribution in [0, 0.1) is 0 Å². The molecule has 0 aliphatic heterocycles. The van der Waals surface area contributed by atoms with Crippen LogP contribution in [-0.2, 0) is 6.61 Å². The molecule has 2 N–H and O–H groups in total. The number of rotatable bonds is 1. The number of hydrogen-bond donors (Lipinski definition) is 2. The largest absolute Gasteiger partial charge is 0.390 e. The van der Waals surface area contributed by atoms with E-state index in [2.05, 4.69) is 9.97 Å². The molecule has 4 heteroatoms. The number of imidazole rings is 1. The number of aliphatic hydroxyl groups is 1. The van der Waals surface area contributed by atoms with Gasteiger partial charge in [0.05, 0.1) is 18.5 Å². The molecule has 1 aromatic heterocycles. The lowest BCUT2D eigenvalue weighted by Gasteiger charge is -1.80. The number of hydrogen-bond acceptors (Lipinski definition) is 2. The van der Waals surface area contributed by atoms with Crippen molar-refractivity contribution >= 4 is 11.6 Å². The molecule has 0 aliphatic rings. The van der Waals surface area contributed by atoms with Gasteiger partial charge in [-0.05, 0) is 11.6 Å². The Labute approximate surface area is 51.3 Å². The third-order valence-electron chi connectivity index (χ3n) is 0.768. The highest BCUT2D eigenvalue weighted by Gasteiger charge is 1.92. The average molecular weight is 133 g/mol. The Bertz CT molecular complexity index is 174. The molecule has 0 aromatic carbocycles. The van der Waals surface area contributed by atoms with Gasteiger partial charge in [0, 0.05) is 0 Å². The summed E-state index contributed by atoms with van der Waals surface area (Å²) in [5, 5.41) is 8.73. The molecular weight excluding hydrogens is 128 g/mol. The Morgan fingerprint density at radius 3 is 2.88 bits per heavy atom. The smallest absolute Gasteiger partial charge is 0.200 e. The maximum absolute atomic E-state index is 8.42. The van der Waals surface area contributed by atoms with Crippen molar-refractivity contribution in [2.24, 2.45) is 0 Å². The van der Waals surface area contributed by atoms with Gasteiger partial charge in [-0.15, -0.1) is 0 Å². The summed E-state index contributed by atoms with van der Waals surface area (Å²) in [7, 11) is 0. The number of H-pyrrole nitrogens is 1. The third kappa shape index (κ3) is 0.993. The van der Waals surface area contributed by atoms with Crippen LogP contribution in [0.3, 0.4) is 0 Å². The van der Waals surface area contributed by atoms with E-state index in [-0.39, 0.29) is 6.61 Å². The Hall–Kier alpha value is -0.540. The van der Waals surface area contributed by atoms with Gasteiger partial charge in [0.1, 0.15) is 0 Å². The molecule has 8 heavy (non-hydrogen) atoms. The van der Waals surface area contributed by atoms with Crippen molar-refractivity contribution in [3.8, 4) is 0 Å². The minimum absolute atomic E-state index is 0.0419. The van der Waals surface area contributed by atoms with Gasteiger partial charge in [-0.25, -0.2) is 4.98 Å². The van der Waals surface area contributed by atoms with E-state index in [4.69, 9.17) is 16.7 Å². The number of aliphatic hydroxyl groups excluding tert-OH is 1. The Morgan fingerprint density at radius 2 is 2.62 bits per heavy atom. The van der Waals surface area contributed by atoms with E-state index in [0.717, 1.165) is 0 Å². The SMILES string of the molecule is OCc1cnc(Cl)[nH]1. The summed E-state index contributed by atoms with van der Waals surface area (Å²) in [6.07, 6.45) is 1.49. The Balaban J connectivity index is 2.84. The van der Waals surface area contributed by atoms with Crippen LogP contribution in [0.1, 0.15) is 5.69 Å². The summed E-state index contributed by atoms with van der Waals surface area (Å²) in [6, 6.07) is 0. The summed E-state index contributed by atoms with van der Waals surface area (Å²) in [6.45, 7) is -0.0419. The summed E-state index contributed by atoms with van der Waals surface area (Å²) in [4.78, 5) is 6.27. The molecule has 0 saturated heterocycles. The second-order valence-electron chi connectivity index (χ2n) is 1.36. The zero-order valence-corrected chi connectivity index (χ0v) is 4.81. The van der Waals surface area contributed by atoms with Gasteiger partial charge in [0.2, 0.25) is 0 Å². The average Bonchev–Trinajstić information content (AvgIpc) is 2.14. The van der Waals surface area contributed by atoms with E-state index in [0.29, 0.717) is 11.0 Å². The van der Waals surface area contributed by atoms with Crippen molar-refractivity contribution in [3.63, 3.8) is 0 Å². The minimum Gasteiger partial charge on any atom is -0.390 e. The summed E-state index contributed by atoms with van der Waals surface area (Å²) < 4.78 is 0. The molecule has 1 aromatic rings. The first kappa shape index (κ1) is 5.59. The van der Waals surface area contributed by atoms with Crippen LogP contribution < -0.4 is 0 Å². The standard InChI is InChI=1S/C4H5ClN2O/c5-4-6-1-3(2-8)7-4/h1,8H,2H2,(H,6,7). The van der Waals surface area contributed by atoms with Gasteiger partial charge in [-0.1, -0.05) is 0 Å². The number of nitrogens with zero attached hydrogens (tertiary/aromatic N) is 1. The summed E-state index contributed by atoms with van der Waals surface area (Å²) in [5.41, 5.74) is 0.634. The van der Waals surface area contributed by atoms with E-state index in [9.17, 15) is 0 Å². The molecule has 44 valence electrons. The molecular formula is C4H5ClN2O. The van der Waals surface area contributed by atoms with Crippen LogP contribution in [0.5, 0.6) is 0 Å². The Morgan fingerprint density at radius 1 is 1.88 bits per heavy atom. The number of halogens is 1. The molecule has 3 nitrogen and oxygen atoms in total. The molecule has 0 bridgehead atoms. The van der Waals surface area contributed by atoms with Gasteiger partial charge in [0.15, 0.2) is 5.28 Å². The zero-order chi connectivity index (χ0) is 5.98. The molecule has 0 amide bonds. The predicted molar refractivity (Wildman–Crippen MR) is 29.5 cm³/mol. The van der Waals surface area contributed by atoms with E-state index in [1.165, 1.54) is 6.20 Å². The van der Waals surface area contributed by atoms with Gasteiger partial charge in [0.25, 0.3) is 0 Å². The first-order valence-electron chi connectivity index (χ1n) is 2.13. The van der Waals surface area contributed by atoms with Crippen molar-refractivity contribution < 1.29 is 5.11 Å². The van der Waals surface area contributed by atoms with Crippen LogP contribution in [0.25, 0.3) is 0 Å². The molecule has 0 unspecified atom stereocenters. The highest BCUT2D eigenvalue weighted by molar-refractivity contribution is 6.28. The monoisotopic (exact) mass is 132 g/mol. The van der Waals surface area contributed by atoms with Crippen LogP contribution in [0.4, 0.5) is 0 Å². The topological polar surface area (TPSA) is 48.9 Å². The van der Waals surface area contributed by atoms with Crippen molar-refractivity contribution in [2.75, 3.05) is 0 Å². The molecule has 0 aliphatic carbocycles. The van der Waals surface area contributed by atoms with E-state index in [1.54, 1.807) is 0 Å². The zero-order valence-electron chi connectivity index (χ0n) is 4.06. The molecule has 1 rings (SSSR count). The van der Waals surface area contributed by atoms with Crippen molar-refractivity contribution in [1.82, 2.24) is 9.97 Å². The maximum atomic E-state index is 8.42. The molecule has 0 radical (unpaired) electrons. The van der Waals surface area contributed by atoms with E-state index in [1.807, 2.05) is 0 Å². The molecule has 1 heterocycles. The van der Waals surface area contributed by atoms with Crippen LogP contribution in [0.15, 0.2) is 6.20 Å². The fourth-order valence-corrected chi connectivity index (χ4v) is 0.582. The maximum Gasteiger partial charge on any atom is 0.200 e. The fourth-order valence-electron chi connectivity index (χ4n) is 0.412. The molecule has 0 fully saturated rings. The van der Waals surface area contributed by atoms with Gasteiger partial charge < -0.3 is 10.1 Å². The van der Waals surface area contributed by atoms with Crippen LogP contribution >= 0.6 is 11.6 Å². The van der Waals surface area contributed by atoms with Gasteiger partial charge >= 0.3 is 0 Å². The highest BCUT2D eigenvalue weighted by Crippen LogP contribution is 2.00. The first-order chi connectivity index (χ1) is 3.83. The third-order valence-corrected chi connectivity index (χ3v) is 0.960. The molecule has 0 atom stereocenters. The van der Waals surface area contributed by atoms with Crippen LogP contribution in [-0.4, -0.2) is 15.1 Å². The quantitative estimate of drug-likeness (QED) is 0.587. The van der Waals surface area contributed by atoms with E-state index < -0.39 is 0 Å². The van der Waals surface area contributed by atoms with Crippen molar-refractivity contribution in [2.45, 2.75) is 6.61 Å². The predicted octanol–water partition coefficient (Wildman–Crippen LogP) is 0.555. The van der Waals surface area contributed by atoms with Gasteiger partial charge in [-0.2, -0.15) is 0 Å². The fraction of sp³-hybridized carbons (Fsp3) is 0.250. The van der Waals surface area contributed by atoms with Gasteiger partial charge in [-0.3, -0.25) is 0 Å². The number of nitrogens with one attached hydrogen (secondary N) is 1. The van der Waals surface area contributed by atoms with E-state index >= 15 is 0 Å². The lowest BCUT2D eigenvalue weighted by atomic mass is 10.5. The summed E-state index contributed by atoms with van der Waals surface area (Å²) >= 11 is 5.36. The number of aromatic nitrogens is 2. The van der Waals surface area contributed by atoms with Crippen molar-refractivity contribution in [3.05, 3.63) is 17.2 Å². The lowest BCUT2D eigenvalue weighted by Crippen LogP contribution is -1.78. The second-order valence-corrected chi connectivity index (χ2v) is 1.72. The molecule has 0 spiro atoms. The second kappa shape index (κ2) is 2.15. The highest BCUT2D eigenvalue weighted by atomic mass is 35.5.